The van der Waals surface area contributed by atoms with E-state index in [9.17, 15) is 4.79 Å². The van der Waals surface area contributed by atoms with Crippen LogP contribution >= 0.6 is 0 Å². The Labute approximate surface area is 95.7 Å². The molecule has 0 spiro atoms. The summed E-state index contributed by atoms with van der Waals surface area (Å²) in [6, 6.07) is 0. The molecule has 90 valence electrons. The van der Waals surface area contributed by atoms with Crippen molar-refractivity contribution in [3.05, 3.63) is 18.2 Å². The number of imidazole rings is 1. The van der Waals surface area contributed by atoms with E-state index in [4.69, 9.17) is 5.11 Å². The average molecular weight is 225 g/mol. The van der Waals surface area contributed by atoms with Gasteiger partial charge in [-0.25, -0.2) is 4.98 Å². The number of nitrogens with zero attached hydrogens (tertiary/aromatic N) is 3. The van der Waals surface area contributed by atoms with Crippen LogP contribution in [0.4, 0.5) is 0 Å². The first-order valence-electron chi connectivity index (χ1n) is 5.60. The largest absolute Gasteiger partial charge is 0.481 e. The van der Waals surface area contributed by atoms with Crippen molar-refractivity contribution in [2.24, 2.45) is 0 Å². The normalized spacial score (nSPS) is 10.9. The maximum atomic E-state index is 10.5. The number of hydrogen-bond donors (Lipinski definition) is 1. The second-order valence-corrected chi connectivity index (χ2v) is 3.68. The Morgan fingerprint density at radius 1 is 1.56 bits per heavy atom. The number of hydrogen-bond acceptors (Lipinski definition) is 3. The van der Waals surface area contributed by atoms with Crippen molar-refractivity contribution in [3.8, 4) is 0 Å². The Kier molecular flexibility index (Phi) is 4.98. The second kappa shape index (κ2) is 6.27. The van der Waals surface area contributed by atoms with Crippen molar-refractivity contribution >= 4 is 5.97 Å². The average Bonchev–Trinajstić information content (AvgIpc) is 2.70. The Balaban J connectivity index is 2.52. The molecular weight excluding hydrogens is 206 g/mol. The van der Waals surface area contributed by atoms with Gasteiger partial charge in [-0.2, -0.15) is 0 Å². The molecule has 0 radical (unpaired) electrons. The van der Waals surface area contributed by atoms with Gasteiger partial charge in [0, 0.05) is 25.8 Å². The number of aromatic nitrogens is 2. The standard InChI is InChI=1S/C11H19N3O2/c1-3-13(6-5-11(15)16)8-10-7-12-9-14(10)4-2/h7,9H,3-6,8H2,1-2H3,(H,15,16). The van der Waals surface area contributed by atoms with Crippen molar-refractivity contribution in [2.75, 3.05) is 13.1 Å². The summed E-state index contributed by atoms with van der Waals surface area (Å²) in [6.45, 7) is 7.19. The van der Waals surface area contributed by atoms with Gasteiger partial charge in [-0.3, -0.25) is 9.69 Å². The SMILES string of the molecule is CCN(CCC(=O)O)Cc1cncn1CC. The van der Waals surface area contributed by atoms with Crippen LogP contribution in [0.25, 0.3) is 0 Å². The third kappa shape index (κ3) is 3.66. The van der Waals surface area contributed by atoms with Crippen LogP contribution < -0.4 is 0 Å². The molecule has 5 heteroatoms. The summed E-state index contributed by atoms with van der Waals surface area (Å²) in [6.07, 6.45) is 3.83. The molecule has 0 atom stereocenters. The lowest BCUT2D eigenvalue weighted by molar-refractivity contribution is -0.137. The summed E-state index contributed by atoms with van der Waals surface area (Å²) in [5.74, 6) is -0.748. The molecule has 1 aromatic heterocycles. The summed E-state index contributed by atoms with van der Waals surface area (Å²) in [5.41, 5.74) is 1.13. The van der Waals surface area contributed by atoms with Gasteiger partial charge in [0.2, 0.25) is 0 Å². The van der Waals surface area contributed by atoms with E-state index in [2.05, 4.69) is 21.4 Å². The molecule has 0 saturated carbocycles. The molecule has 0 aliphatic heterocycles. The fraction of sp³-hybridized carbons (Fsp3) is 0.636. The van der Waals surface area contributed by atoms with E-state index >= 15 is 0 Å². The summed E-state index contributed by atoms with van der Waals surface area (Å²) < 4.78 is 2.07. The summed E-state index contributed by atoms with van der Waals surface area (Å²) in [5, 5.41) is 8.64. The molecule has 0 saturated heterocycles. The molecule has 1 aromatic rings. The number of rotatable bonds is 7. The molecule has 1 N–H and O–H groups in total. The summed E-state index contributed by atoms with van der Waals surface area (Å²) in [4.78, 5) is 16.7. The molecule has 0 bridgehead atoms. The molecule has 16 heavy (non-hydrogen) atoms. The summed E-state index contributed by atoms with van der Waals surface area (Å²) in [7, 11) is 0. The lowest BCUT2D eigenvalue weighted by Crippen LogP contribution is -2.26. The van der Waals surface area contributed by atoms with Crippen molar-refractivity contribution in [3.63, 3.8) is 0 Å². The maximum absolute atomic E-state index is 10.5. The Bertz CT molecular complexity index is 336. The Morgan fingerprint density at radius 3 is 2.88 bits per heavy atom. The van der Waals surface area contributed by atoms with Crippen LogP contribution in [0.5, 0.6) is 0 Å². The van der Waals surface area contributed by atoms with Gasteiger partial charge in [0.1, 0.15) is 0 Å². The number of carboxylic acids is 1. The molecule has 0 aromatic carbocycles. The highest BCUT2D eigenvalue weighted by atomic mass is 16.4. The number of carbonyl (C=O) groups is 1. The highest BCUT2D eigenvalue weighted by Gasteiger charge is 2.08. The fourth-order valence-corrected chi connectivity index (χ4v) is 1.60. The predicted octanol–water partition coefficient (Wildman–Crippen LogP) is 1.20. The minimum Gasteiger partial charge on any atom is -0.481 e. The third-order valence-electron chi connectivity index (χ3n) is 2.61. The molecule has 0 amide bonds. The maximum Gasteiger partial charge on any atom is 0.304 e. The van der Waals surface area contributed by atoms with Gasteiger partial charge >= 0.3 is 5.97 Å². The van der Waals surface area contributed by atoms with Crippen LogP contribution in [0.2, 0.25) is 0 Å². The summed E-state index contributed by atoms with van der Waals surface area (Å²) >= 11 is 0. The fourth-order valence-electron chi connectivity index (χ4n) is 1.60. The first-order valence-corrected chi connectivity index (χ1v) is 5.60. The van der Waals surface area contributed by atoms with Gasteiger partial charge in [-0.15, -0.1) is 0 Å². The second-order valence-electron chi connectivity index (χ2n) is 3.68. The molecule has 0 unspecified atom stereocenters. The van der Waals surface area contributed by atoms with Crippen LogP contribution in [0.1, 0.15) is 26.0 Å². The molecule has 1 heterocycles. The minimum atomic E-state index is -0.748. The molecule has 0 fully saturated rings. The van der Waals surface area contributed by atoms with Gasteiger partial charge < -0.3 is 9.67 Å². The van der Waals surface area contributed by atoms with Gasteiger partial charge in [-0.1, -0.05) is 6.92 Å². The van der Waals surface area contributed by atoms with E-state index in [1.165, 1.54) is 0 Å². The molecule has 5 nitrogen and oxygen atoms in total. The number of aryl methyl sites for hydroxylation is 1. The first kappa shape index (κ1) is 12.7. The van der Waals surface area contributed by atoms with Crippen molar-refractivity contribution in [1.82, 2.24) is 14.5 Å². The van der Waals surface area contributed by atoms with E-state index in [0.717, 1.165) is 25.3 Å². The van der Waals surface area contributed by atoms with Crippen molar-refractivity contribution in [1.29, 1.82) is 0 Å². The van der Waals surface area contributed by atoms with E-state index in [0.29, 0.717) is 6.54 Å². The third-order valence-corrected chi connectivity index (χ3v) is 2.61. The monoisotopic (exact) mass is 225 g/mol. The van der Waals surface area contributed by atoms with Crippen molar-refractivity contribution in [2.45, 2.75) is 33.4 Å². The van der Waals surface area contributed by atoms with Gasteiger partial charge in [0.15, 0.2) is 0 Å². The van der Waals surface area contributed by atoms with Gasteiger partial charge in [0.25, 0.3) is 0 Å². The van der Waals surface area contributed by atoms with Crippen LogP contribution in [-0.2, 0) is 17.9 Å². The molecule has 1 rings (SSSR count). The van der Waals surface area contributed by atoms with Crippen LogP contribution in [0.3, 0.4) is 0 Å². The highest BCUT2D eigenvalue weighted by molar-refractivity contribution is 5.66. The van der Waals surface area contributed by atoms with Crippen LogP contribution in [0.15, 0.2) is 12.5 Å². The Hall–Kier alpha value is -1.36. The molecular formula is C11H19N3O2. The zero-order chi connectivity index (χ0) is 12.0. The van der Waals surface area contributed by atoms with E-state index in [1.807, 2.05) is 13.1 Å². The van der Waals surface area contributed by atoms with E-state index in [1.54, 1.807) is 6.33 Å². The first-order chi connectivity index (χ1) is 7.67. The smallest absolute Gasteiger partial charge is 0.304 e. The topological polar surface area (TPSA) is 58.4 Å². The predicted molar refractivity (Wildman–Crippen MR) is 61.1 cm³/mol. The van der Waals surface area contributed by atoms with E-state index in [-0.39, 0.29) is 6.42 Å². The van der Waals surface area contributed by atoms with Gasteiger partial charge in [-0.05, 0) is 13.5 Å². The number of aliphatic carboxylic acids is 1. The lowest BCUT2D eigenvalue weighted by Gasteiger charge is -2.19. The Morgan fingerprint density at radius 2 is 2.31 bits per heavy atom. The zero-order valence-electron chi connectivity index (χ0n) is 9.89. The quantitative estimate of drug-likeness (QED) is 0.757. The molecule has 0 aliphatic rings. The number of carboxylic acid groups (broad SMARTS) is 1. The van der Waals surface area contributed by atoms with Crippen molar-refractivity contribution < 1.29 is 9.90 Å². The van der Waals surface area contributed by atoms with Gasteiger partial charge in [0.05, 0.1) is 18.4 Å². The molecule has 0 aliphatic carbocycles. The minimum absolute atomic E-state index is 0.189. The lowest BCUT2D eigenvalue weighted by atomic mass is 10.3. The van der Waals surface area contributed by atoms with Crippen LogP contribution in [0, 0.1) is 0 Å². The highest BCUT2D eigenvalue weighted by Crippen LogP contribution is 2.05. The van der Waals surface area contributed by atoms with Crippen LogP contribution in [-0.4, -0.2) is 38.6 Å². The van der Waals surface area contributed by atoms with E-state index < -0.39 is 5.97 Å². The zero-order valence-corrected chi connectivity index (χ0v) is 9.89.